The molecule has 122 valence electrons. The molecule has 0 radical (unpaired) electrons. The number of piperidine rings is 1. The first-order valence-corrected chi connectivity index (χ1v) is 8.51. The van der Waals surface area contributed by atoms with Gasteiger partial charge in [-0.15, -0.1) is 0 Å². The lowest BCUT2D eigenvalue weighted by Gasteiger charge is -2.25. The van der Waals surface area contributed by atoms with Crippen molar-refractivity contribution in [3.8, 4) is 5.75 Å². The molecule has 0 atom stereocenters. The van der Waals surface area contributed by atoms with Gasteiger partial charge in [-0.1, -0.05) is 17.8 Å². The molecule has 2 aromatic carbocycles. The number of ether oxygens (including phenoxy) is 1. The summed E-state index contributed by atoms with van der Waals surface area (Å²) in [6.07, 6.45) is 1.80. The molecule has 1 N–H and O–H groups in total. The Morgan fingerprint density at radius 2 is 1.83 bits per heavy atom. The van der Waals surface area contributed by atoms with Crippen molar-refractivity contribution in [1.29, 1.82) is 0 Å². The number of hydrogen-bond acceptors (Lipinski definition) is 3. The van der Waals surface area contributed by atoms with Crippen LogP contribution in [0.5, 0.6) is 5.75 Å². The summed E-state index contributed by atoms with van der Waals surface area (Å²) < 4.78 is 33.6. The van der Waals surface area contributed by atoms with E-state index >= 15 is 0 Å². The molecule has 3 rings (SSSR count). The van der Waals surface area contributed by atoms with Crippen LogP contribution in [-0.4, -0.2) is 20.2 Å². The first-order valence-electron chi connectivity index (χ1n) is 7.69. The van der Waals surface area contributed by atoms with Crippen molar-refractivity contribution in [1.82, 2.24) is 5.32 Å². The molecule has 0 unspecified atom stereocenters. The Morgan fingerprint density at radius 1 is 1.04 bits per heavy atom. The maximum absolute atomic E-state index is 14.4. The van der Waals surface area contributed by atoms with Crippen molar-refractivity contribution in [2.45, 2.75) is 28.6 Å². The molecule has 1 fully saturated rings. The zero-order valence-corrected chi connectivity index (χ0v) is 13.8. The van der Waals surface area contributed by atoms with Crippen molar-refractivity contribution in [3.63, 3.8) is 0 Å². The molecule has 1 aliphatic heterocycles. The van der Waals surface area contributed by atoms with Crippen LogP contribution in [0.15, 0.2) is 46.2 Å². The van der Waals surface area contributed by atoms with Crippen molar-refractivity contribution < 1.29 is 13.5 Å². The van der Waals surface area contributed by atoms with E-state index in [1.165, 1.54) is 31.0 Å². The van der Waals surface area contributed by atoms with Crippen molar-refractivity contribution in [3.05, 3.63) is 53.6 Å². The Balaban J connectivity index is 1.92. The van der Waals surface area contributed by atoms with Crippen molar-refractivity contribution in [2.24, 2.45) is 0 Å². The van der Waals surface area contributed by atoms with Gasteiger partial charge in [0.15, 0.2) is 0 Å². The molecule has 0 aliphatic carbocycles. The van der Waals surface area contributed by atoms with Gasteiger partial charge in [-0.25, -0.2) is 8.78 Å². The van der Waals surface area contributed by atoms with Crippen LogP contribution in [0.1, 0.15) is 24.3 Å². The van der Waals surface area contributed by atoms with Crippen molar-refractivity contribution in [2.75, 3.05) is 20.2 Å². The van der Waals surface area contributed by atoms with Gasteiger partial charge in [0.1, 0.15) is 17.4 Å². The molecule has 1 heterocycles. The third-order valence-electron chi connectivity index (χ3n) is 4.12. The summed E-state index contributed by atoms with van der Waals surface area (Å²) >= 11 is 1.28. The average molecular weight is 335 g/mol. The molecular formula is C18H19F2NOS. The average Bonchev–Trinajstić information content (AvgIpc) is 2.57. The highest BCUT2D eigenvalue weighted by atomic mass is 32.2. The fourth-order valence-corrected chi connectivity index (χ4v) is 3.97. The number of halogens is 2. The molecule has 0 bridgehead atoms. The Hall–Kier alpha value is -1.59. The first-order chi connectivity index (χ1) is 11.2. The largest absolute Gasteiger partial charge is 0.497 e. The van der Waals surface area contributed by atoms with Gasteiger partial charge in [0.05, 0.1) is 7.11 Å². The summed E-state index contributed by atoms with van der Waals surface area (Å²) in [5.74, 6) is 0.108. The summed E-state index contributed by atoms with van der Waals surface area (Å²) in [6, 6.07) is 9.79. The second-order valence-corrected chi connectivity index (χ2v) is 6.66. The first kappa shape index (κ1) is 16.3. The van der Waals surface area contributed by atoms with Crippen LogP contribution < -0.4 is 10.1 Å². The van der Waals surface area contributed by atoms with Crippen LogP contribution in [0.2, 0.25) is 0 Å². The number of nitrogens with one attached hydrogen (secondary N) is 1. The fraction of sp³-hybridized carbons (Fsp3) is 0.333. The topological polar surface area (TPSA) is 21.3 Å². The highest BCUT2D eigenvalue weighted by molar-refractivity contribution is 7.99. The molecule has 23 heavy (non-hydrogen) atoms. The number of hydrogen-bond donors (Lipinski definition) is 1. The normalized spacial score (nSPS) is 15.6. The quantitative estimate of drug-likeness (QED) is 0.883. The predicted molar refractivity (Wildman–Crippen MR) is 88.3 cm³/mol. The Bertz CT molecular complexity index is 687. The SMILES string of the molecule is COc1ccc(Sc2cccc(F)c2C2CCNCC2)c(F)c1. The summed E-state index contributed by atoms with van der Waals surface area (Å²) in [5, 5.41) is 3.29. The molecule has 1 aliphatic rings. The molecule has 2 aromatic rings. The van der Waals surface area contributed by atoms with Crippen LogP contribution in [0.4, 0.5) is 8.78 Å². The monoisotopic (exact) mass is 335 g/mol. The zero-order chi connectivity index (χ0) is 16.2. The lowest BCUT2D eigenvalue weighted by molar-refractivity contribution is 0.410. The maximum Gasteiger partial charge on any atom is 0.140 e. The van der Waals surface area contributed by atoms with Gasteiger partial charge in [0, 0.05) is 21.4 Å². The second kappa shape index (κ2) is 7.32. The van der Waals surface area contributed by atoms with E-state index in [2.05, 4.69) is 5.32 Å². The number of methoxy groups -OCH3 is 1. The van der Waals surface area contributed by atoms with E-state index in [1.807, 2.05) is 6.07 Å². The molecule has 2 nitrogen and oxygen atoms in total. The van der Waals surface area contributed by atoms with Gasteiger partial charge in [0.25, 0.3) is 0 Å². The van der Waals surface area contributed by atoms with Crippen LogP contribution in [0.25, 0.3) is 0 Å². The van der Waals surface area contributed by atoms with E-state index in [0.29, 0.717) is 16.2 Å². The van der Waals surface area contributed by atoms with Gasteiger partial charge < -0.3 is 10.1 Å². The van der Waals surface area contributed by atoms with Crippen LogP contribution in [-0.2, 0) is 0 Å². The summed E-state index contributed by atoms with van der Waals surface area (Å²) in [4.78, 5) is 1.27. The summed E-state index contributed by atoms with van der Waals surface area (Å²) in [5.41, 5.74) is 0.717. The van der Waals surface area contributed by atoms with Gasteiger partial charge >= 0.3 is 0 Å². The zero-order valence-electron chi connectivity index (χ0n) is 12.9. The minimum atomic E-state index is -0.352. The van der Waals surface area contributed by atoms with Gasteiger partial charge in [-0.3, -0.25) is 0 Å². The van der Waals surface area contributed by atoms with E-state index in [4.69, 9.17) is 4.74 Å². The Kier molecular flexibility index (Phi) is 5.18. The molecule has 1 saturated heterocycles. The summed E-state index contributed by atoms with van der Waals surface area (Å²) in [6.45, 7) is 1.78. The van der Waals surface area contributed by atoms with Crippen LogP contribution in [0, 0.1) is 11.6 Å². The predicted octanol–water partition coefficient (Wildman–Crippen LogP) is 4.59. The van der Waals surface area contributed by atoms with E-state index in [-0.39, 0.29) is 17.6 Å². The van der Waals surface area contributed by atoms with E-state index < -0.39 is 0 Å². The maximum atomic E-state index is 14.4. The molecular weight excluding hydrogens is 316 g/mol. The lowest BCUT2D eigenvalue weighted by Crippen LogP contribution is -2.27. The molecule has 0 aromatic heterocycles. The molecule has 0 amide bonds. The van der Waals surface area contributed by atoms with Gasteiger partial charge in [0.2, 0.25) is 0 Å². The minimum Gasteiger partial charge on any atom is -0.497 e. The highest BCUT2D eigenvalue weighted by Crippen LogP contribution is 2.39. The molecule has 5 heteroatoms. The van der Waals surface area contributed by atoms with Crippen LogP contribution in [0.3, 0.4) is 0 Å². The molecule has 0 spiro atoms. The smallest absolute Gasteiger partial charge is 0.140 e. The number of rotatable bonds is 4. The lowest BCUT2D eigenvalue weighted by atomic mass is 9.90. The van der Waals surface area contributed by atoms with Gasteiger partial charge in [-0.05, 0) is 56.1 Å². The third-order valence-corrected chi connectivity index (χ3v) is 5.25. The Morgan fingerprint density at radius 3 is 2.52 bits per heavy atom. The Labute approximate surface area is 139 Å². The van der Waals surface area contributed by atoms with Crippen LogP contribution >= 0.6 is 11.8 Å². The third kappa shape index (κ3) is 3.67. The fourth-order valence-electron chi connectivity index (χ4n) is 2.92. The second-order valence-electron chi connectivity index (χ2n) is 5.57. The van der Waals surface area contributed by atoms with E-state index in [0.717, 1.165) is 30.8 Å². The van der Waals surface area contributed by atoms with E-state index in [1.54, 1.807) is 18.2 Å². The minimum absolute atomic E-state index is 0.182. The number of benzene rings is 2. The molecule has 0 saturated carbocycles. The summed E-state index contributed by atoms with van der Waals surface area (Å²) in [7, 11) is 1.50. The standard InChI is InChI=1S/C18H19F2NOS/c1-22-13-5-6-16(15(20)11-13)23-17-4-2-3-14(19)18(17)12-7-9-21-10-8-12/h2-6,11-12,21H,7-10H2,1H3. The highest BCUT2D eigenvalue weighted by Gasteiger charge is 2.22. The van der Waals surface area contributed by atoms with Gasteiger partial charge in [-0.2, -0.15) is 0 Å². The van der Waals surface area contributed by atoms with E-state index in [9.17, 15) is 8.78 Å². The van der Waals surface area contributed by atoms with Crippen molar-refractivity contribution >= 4 is 11.8 Å².